The molecule has 0 radical (unpaired) electrons. The molecule has 4 rings (SSSR count). The zero-order valence-electron chi connectivity index (χ0n) is 21.9. The topological polar surface area (TPSA) is 9.23 Å². The molecule has 0 bridgehead atoms. The molecule has 33 heavy (non-hydrogen) atoms. The van der Waals surface area contributed by atoms with Crippen LogP contribution in [0.1, 0.15) is 74.1 Å². The summed E-state index contributed by atoms with van der Waals surface area (Å²) in [6.07, 6.45) is 7.77. The predicted octanol–water partition coefficient (Wildman–Crippen LogP) is 7.36. The van der Waals surface area contributed by atoms with Crippen LogP contribution < -0.4 is 10.4 Å². The predicted molar refractivity (Wildman–Crippen MR) is 145 cm³/mol. The molecule has 0 saturated heterocycles. The molecule has 0 heterocycles. The molecule has 2 aliphatic rings. The van der Waals surface area contributed by atoms with E-state index in [-0.39, 0.29) is 5.04 Å². The Morgan fingerprint density at radius 3 is 1.94 bits per heavy atom. The lowest BCUT2D eigenvalue weighted by atomic mass is 9.49. The molecular weight excluding hydrogens is 416 g/mol. The van der Waals surface area contributed by atoms with Crippen LogP contribution in [0.15, 0.2) is 72.3 Å². The van der Waals surface area contributed by atoms with Gasteiger partial charge in [-0.1, -0.05) is 120 Å². The van der Waals surface area contributed by atoms with Crippen molar-refractivity contribution in [1.29, 1.82) is 0 Å². The third-order valence-corrected chi connectivity index (χ3v) is 14.2. The number of rotatable bonds is 5. The molecule has 0 amide bonds. The van der Waals surface area contributed by atoms with Crippen LogP contribution in [0.2, 0.25) is 5.04 Å². The summed E-state index contributed by atoms with van der Waals surface area (Å²) in [6, 6.07) is 22.2. The first-order valence-electron chi connectivity index (χ1n) is 12.9. The summed E-state index contributed by atoms with van der Waals surface area (Å²) in [5.41, 5.74) is 2.26. The average molecular weight is 461 g/mol. The van der Waals surface area contributed by atoms with Gasteiger partial charge in [0.25, 0.3) is 8.32 Å². The van der Waals surface area contributed by atoms with Crippen LogP contribution in [0.4, 0.5) is 0 Å². The van der Waals surface area contributed by atoms with E-state index >= 15 is 0 Å². The van der Waals surface area contributed by atoms with Gasteiger partial charge in [0.15, 0.2) is 0 Å². The van der Waals surface area contributed by atoms with Crippen molar-refractivity contribution in [2.75, 3.05) is 6.61 Å². The molecule has 1 unspecified atom stereocenters. The molecule has 2 aromatic carbocycles. The van der Waals surface area contributed by atoms with Gasteiger partial charge in [0, 0.05) is 12.5 Å². The second-order valence-corrected chi connectivity index (χ2v) is 16.9. The Balaban J connectivity index is 1.78. The van der Waals surface area contributed by atoms with Gasteiger partial charge in [-0.3, -0.25) is 0 Å². The molecule has 0 spiro atoms. The Morgan fingerprint density at radius 2 is 1.42 bits per heavy atom. The number of benzene rings is 2. The van der Waals surface area contributed by atoms with E-state index in [0.717, 1.165) is 12.5 Å². The number of hydrogen-bond donors (Lipinski definition) is 0. The lowest BCUT2D eigenvalue weighted by Gasteiger charge is -2.57. The minimum Gasteiger partial charge on any atom is -0.407 e. The second kappa shape index (κ2) is 8.85. The highest BCUT2D eigenvalue weighted by molar-refractivity contribution is 6.99. The van der Waals surface area contributed by atoms with Gasteiger partial charge in [-0.2, -0.15) is 0 Å². The monoisotopic (exact) mass is 460 g/mol. The van der Waals surface area contributed by atoms with E-state index < -0.39 is 8.32 Å². The lowest BCUT2D eigenvalue weighted by Crippen LogP contribution is -2.67. The minimum atomic E-state index is -2.52. The van der Waals surface area contributed by atoms with Crippen molar-refractivity contribution in [2.24, 2.45) is 22.7 Å². The van der Waals surface area contributed by atoms with Crippen LogP contribution in [0.3, 0.4) is 0 Å². The quantitative estimate of drug-likeness (QED) is 0.334. The normalized spacial score (nSPS) is 27.5. The lowest BCUT2D eigenvalue weighted by molar-refractivity contribution is -0.0490. The summed E-state index contributed by atoms with van der Waals surface area (Å²) in [6.45, 7) is 17.9. The summed E-state index contributed by atoms with van der Waals surface area (Å²) in [7, 11) is -2.52. The van der Waals surface area contributed by atoms with Crippen molar-refractivity contribution in [1.82, 2.24) is 0 Å². The molecule has 0 N–H and O–H groups in total. The summed E-state index contributed by atoms with van der Waals surface area (Å²) >= 11 is 0. The minimum absolute atomic E-state index is 0.0220. The van der Waals surface area contributed by atoms with Gasteiger partial charge >= 0.3 is 0 Å². The number of hydrogen-bond acceptors (Lipinski definition) is 1. The average Bonchev–Trinajstić information content (AvgIpc) is 2.75. The Morgan fingerprint density at radius 1 is 0.879 bits per heavy atom. The molecule has 2 aromatic rings. The molecule has 178 valence electrons. The Bertz CT molecular complexity index is 929. The molecule has 3 atom stereocenters. The SMILES string of the molecule is CC1=CCC2C(C)(C)CCC[C@]2(C)[C@H]1CO[Si](c1ccccc1)(c1ccccc1)C(C)(C)C. The van der Waals surface area contributed by atoms with E-state index in [0.29, 0.717) is 16.7 Å². The van der Waals surface area contributed by atoms with E-state index in [2.05, 4.69) is 115 Å². The summed E-state index contributed by atoms with van der Waals surface area (Å²) in [5.74, 6) is 1.22. The van der Waals surface area contributed by atoms with Crippen molar-refractivity contribution in [2.45, 2.75) is 79.2 Å². The fraction of sp³-hybridized carbons (Fsp3) is 0.548. The van der Waals surface area contributed by atoms with Crippen molar-refractivity contribution >= 4 is 18.7 Å². The smallest absolute Gasteiger partial charge is 0.261 e. The Kier molecular flexibility index (Phi) is 6.57. The number of fused-ring (bicyclic) bond motifs is 1. The van der Waals surface area contributed by atoms with E-state index in [1.165, 1.54) is 36.1 Å². The molecule has 2 aliphatic carbocycles. The van der Waals surface area contributed by atoms with Gasteiger partial charge in [-0.25, -0.2) is 0 Å². The van der Waals surface area contributed by atoms with E-state index in [4.69, 9.17) is 4.43 Å². The molecule has 1 saturated carbocycles. The molecule has 2 heteroatoms. The molecule has 0 aliphatic heterocycles. The van der Waals surface area contributed by atoms with Gasteiger partial charge in [0.05, 0.1) is 0 Å². The first kappa shape index (κ1) is 24.5. The standard InChI is InChI=1S/C31H44OSi/c1-24-19-20-28-30(5,6)21-14-22-31(28,7)27(24)23-32-33(29(2,3)4,25-15-10-8-11-16-25)26-17-12-9-13-18-26/h8-13,15-19,27-28H,14,20-23H2,1-7H3/t27-,28?,31+/m0/s1. The maximum absolute atomic E-state index is 7.46. The van der Waals surface area contributed by atoms with Crippen LogP contribution >= 0.6 is 0 Å². The highest BCUT2D eigenvalue weighted by Gasteiger charge is 2.54. The van der Waals surface area contributed by atoms with Gasteiger partial charge in [0.1, 0.15) is 0 Å². The third-order valence-electron chi connectivity index (χ3n) is 9.18. The molecule has 1 nitrogen and oxygen atoms in total. The van der Waals surface area contributed by atoms with Crippen molar-refractivity contribution in [3.8, 4) is 0 Å². The fourth-order valence-electron chi connectivity index (χ4n) is 7.43. The Labute approximate surface area is 203 Å². The maximum atomic E-state index is 7.46. The first-order chi connectivity index (χ1) is 15.5. The zero-order valence-corrected chi connectivity index (χ0v) is 22.9. The molecular formula is C31H44OSi. The Hall–Kier alpha value is -1.64. The van der Waals surface area contributed by atoms with Gasteiger partial charge in [-0.15, -0.1) is 0 Å². The summed E-state index contributed by atoms with van der Waals surface area (Å²) in [5, 5.41) is 2.78. The van der Waals surface area contributed by atoms with Crippen LogP contribution in [-0.4, -0.2) is 14.9 Å². The van der Waals surface area contributed by atoms with Crippen molar-refractivity contribution in [3.63, 3.8) is 0 Å². The van der Waals surface area contributed by atoms with Crippen LogP contribution in [0, 0.1) is 22.7 Å². The van der Waals surface area contributed by atoms with Crippen LogP contribution in [0.5, 0.6) is 0 Å². The highest BCUT2D eigenvalue weighted by atomic mass is 28.4. The summed E-state index contributed by atoms with van der Waals surface area (Å²) < 4.78 is 7.46. The fourth-order valence-corrected chi connectivity index (χ4v) is 12.0. The van der Waals surface area contributed by atoms with Gasteiger partial charge < -0.3 is 4.43 Å². The zero-order chi connectivity index (χ0) is 23.9. The summed E-state index contributed by atoms with van der Waals surface area (Å²) in [4.78, 5) is 0. The van der Waals surface area contributed by atoms with Crippen LogP contribution in [-0.2, 0) is 4.43 Å². The maximum Gasteiger partial charge on any atom is 0.261 e. The van der Waals surface area contributed by atoms with Crippen LogP contribution in [0.25, 0.3) is 0 Å². The van der Waals surface area contributed by atoms with E-state index in [9.17, 15) is 0 Å². The van der Waals surface area contributed by atoms with Gasteiger partial charge in [0.2, 0.25) is 0 Å². The second-order valence-electron chi connectivity index (χ2n) is 12.6. The van der Waals surface area contributed by atoms with Gasteiger partial charge in [-0.05, 0) is 58.3 Å². The van der Waals surface area contributed by atoms with E-state index in [1.807, 2.05) is 0 Å². The van der Waals surface area contributed by atoms with Crippen molar-refractivity contribution < 1.29 is 4.43 Å². The van der Waals surface area contributed by atoms with E-state index in [1.54, 1.807) is 5.57 Å². The third kappa shape index (κ3) is 4.19. The first-order valence-corrected chi connectivity index (χ1v) is 14.8. The molecule has 1 fully saturated rings. The molecule has 0 aromatic heterocycles. The largest absolute Gasteiger partial charge is 0.407 e. The van der Waals surface area contributed by atoms with Crippen molar-refractivity contribution in [3.05, 3.63) is 72.3 Å². The highest BCUT2D eigenvalue weighted by Crippen LogP contribution is 2.59. The number of allylic oxidation sites excluding steroid dienone is 1.